The number of carbonyl (C=O) groups is 1. The largest absolute Gasteiger partial charge is 0.497 e. The maximum Gasteiger partial charge on any atom is 0.255 e. The Morgan fingerprint density at radius 1 is 1.18 bits per heavy atom. The van der Waals surface area contributed by atoms with Gasteiger partial charge in [0.05, 0.1) is 36.5 Å². The van der Waals surface area contributed by atoms with Gasteiger partial charge in [0, 0.05) is 11.3 Å². The number of anilines is 1. The summed E-state index contributed by atoms with van der Waals surface area (Å²) in [6, 6.07) is 11.9. The van der Waals surface area contributed by atoms with Crippen LogP contribution in [0.5, 0.6) is 11.5 Å². The Kier molecular flexibility index (Phi) is 6.06. The highest BCUT2D eigenvalue weighted by Gasteiger charge is 2.32. The van der Waals surface area contributed by atoms with Gasteiger partial charge in [-0.2, -0.15) is 0 Å². The lowest BCUT2D eigenvalue weighted by Crippen LogP contribution is -2.45. The third kappa shape index (κ3) is 4.05. The molecular formula is C20H20ClN3O3S. The molecule has 0 saturated heterocycles. The zero-order valence-corrected chi connectivity index (χ0v) is 17.2. The zero-order chi connectivity index (χ0) is 20.3. The average molecular weight is 418 g/mol. The van der Waals surface area contributed by atoms with Crippen molar-refractivity contribution in [3.05, 3.63) is 64.3 Å². The van der Waals surface area contributed by atoms with Crippen LogP contribution < -0.4 is 25.4 Å². The van der Waals surface area contributed by atoms with Gasteiger partial charge in [-0.1, -0.05) is 23.7 Å². The summed E-state index contributed by atoms with van der Waals surface area (Å²) in [4.78, 5) is 13.2. The minimum Gasteiger partial charge on any atom is -0.497 e. The van der Waals surface area contributed by atoms with E-state index in [4.69, 9.17) is 33.3 Å². The fraction of sp³-hybridized carbons (Fsp3) is 0.200. The topological polar surface area (TPSA) is 71.6 Å². The van der Waals surface area contributed by atoms with Crippen LogP contribution in [0.15, 0.2) is 53.7 Å². The molecule has 0 radical (unpaired) electrons. The predicted molar refractivity (Wildman–Crippen MR) is 114 cm³/mol. The van der Waals surface area contributed by atoms with Crippen LogP contribution in [0.2, 0.25) is 5.02 Å². The Labute approximate surface area is 173 Å². The number of carbonyl (C=O) groups excluding carboxylic acids is 1. The molecule has 0 bridgehead atoms. The van der Waals surface area contributed by atoms with Crippen LogP contribution in [0.4, 0.5) is 5.69 Å². The maximum atomic E-state index is 13.2. The summed E-state index contributed by atoms with van der Waals surface area (Å²) in [5, 5.41) is 9.90. The van der Waals surface area contributed by atoms with Gasteiger partial charge >= 0.3 is 0 Å². The number of benzene rings is 2. The van der Waals surface area contributed by atoms with Crippen LogP contribution in [0.3, 0.4) is 0 Å². The van der Waals surface area contributed by atoms with E-state index >= 15 is 0 Å². The normalized spacial score (nSPS) is 16.1. The number of thiocarbonyl (C=S) groups is 1. The SMILES string of the molecule is COc1ccc(OC)c([C@H]2NC(=S)NC(C)=C2C(=O)Nc2ccccc2Cl)c1. The lowest BCUT2D eigenvalue weighted by atomic mass is 9.94. The van der Waals surface area contributed by atoms with Gasteiger partial charge in [-0.3, -0.25) is 4.79 Å². The van der Waals surface area contributed by atoms with Gasteiger partial charge in [0.15, 0.2) is 5.11 Å². The summed E-state index contributed by atoms with van der Waals surface area (Å²) in [6.45, 7) is 1.80. The van der Waals surface area contributed by atoms with E-state index in [1.807, 2.05) is 6.07 Å². The lowest BCUT2D eigenvalue weighted by Gasteiger charge is -2.31. The molecule has 8 heteroatoms. The molecule has 0 unspecified atom stereocenters. The zero-order valence-electron chi connectivity index (χ0n) is 15.6. The number of hydrogen-bond acceptors (Lipinski definition) is 4. The molecule has 0 aliphatic carbocycles. The molecule has 0 aromatic heterocycles. The molecule has 6 nitrogen and oxygen atoms in total. The van der Waals surface area contributed by atoms with Crippen LogP contribution in [-0.4, -0.2) is 25.2 Å². The number of ether oxygens (including phenoxy) is 2. The Balaban J connectivity index is 2.04. The van der Waals surface area contributed by atoms with E-state index in [1.165, 1.54) is 0 Å². The first-order valence-corrected chi connectivity index (χ1v) is 9.29. The van der Waals surface area contributed by atoms with Crippen molar-refractivity contribution >= 4 is 40.5 Å². The maximum absolute atomic E-state index is 13.2. The van der Waals surface area contributed by atoms with E-state index < -0.39 is 6.04 Å². The van der Waals surface area contributed by atoms with Crippen LogP contribution in [-0.2, 0) is 4.79 Å². The fourth-order valence-electron chi connectivity index (χ4n) is 3.05. The minimum atomic E-state index is -0.527. The monoisotopic (exact) mass is 417 g/mol. The third-order valence-corrected chi connectivity index (χ3v) is 4.93. The number of allylic oxidation sites excluding steroid dienone is 1. The summed E-state index contributed by atoms with van der Waals surface area (Å²) in [6.07, 6.45) is 0. The van der Waals surface area contributed by atoms with Crippen LogP contribution in [0, 0.1) is 0 Å². The quantitative estimate of drug-likeness (QED) is 0.643. The molecule has 1 aliphatic rings. The van der Waals surface area contributed by atoms with Gasteiger partial charge in [0.25, 0.3) is 5.91 Å². The lowest BCUT2D eigenvalue weighted by molar-refractivity contribution is -0.113. The predicted octanol–water partition coefficient (Wildman–Crippen LogP) is 3.79. The second-order valence-electron chi connectivity index (χ2n) is 6.11. The average Bonchev–Trinajstić information content (AvgIpc) is 2.68. The van der Waals surface area contributed by atoms with Crippen molar-refractivity contribution in [2.45, 2.75) is 13.0 Å². The summed E-state index contributed by atoms with van der Waals surface area (Å²) in [7, 11) is 3.16. The van der Waals surface area contributed by atoms with Gasteiger partial charge < -0.3 is 25.4 Å². The Morgan fingerprint density at radius 2 is 1.93 bits per heavy atom. The second kappa shape index (κ2) is 8.50. The molecule has 3 rings (SSSR count). The van der Waals surface area contributed by atoms with Crippen molar-refractivity contribution in [2.24, 2.45) is 0 Å². The number of hydrogen-bond donors (Lipinski definition) is 3. The van der Waals surface area contributed by atoms with Crippen molar-refractivity contribution < 1.29 is 14.3 Å². The van der Waals surface area contributed by atoms with E-state index in [-0.39, 0.29) is 5.91 Å². The molecule has 3 N–H and O–H groups in total. The van der Waals surface area contributed by atoms with E-state index in [0.29, 0.717) is 38.6 Å². The van der Waals surface area contributed by atoms with E-state index in [2.05, 4.69) is 16.0 Å². The number of methoxy groups -OCH3 is 2. The Hall–Kier alpha value is -2.77. The molecule has 2 aromatic rings. The minimum absolute atomic E-state index is 0.303. The van der Waals surface area contributed by atoms with E-state index in [9.17, 15) is 4.79 Å². The van der Waals surface area contributed by atoms with Gasteiger partial charge in [-0.25, -0.2) is 0 Å². The third-order valence-electron chi connectivity index (χ3n) is 4.38. The summed E-state index contributed by atoms with van der Waals surface area (Å²) in [5.41, 5.74) is 2.37. The first-order valence-electron chi connectivity index (χ1n) is 8.50. The van der Waals surface area contributed by atoms with Crippen LogP contribution >= 0.6 is 23.8 Å². The van der Waals surface area contributed by atoms with E-state index in [1.54, 1.807) is 57.5 Å². The highest BCUT2D eigenvalue weighted by atomic mass is 35.5. The molecule has 146 valence electrons. The molecule has 1 heterocycles. The molecule has 1 atom stereocenters. The van der Waals surface area contributed by atoms with Crippen LogP contribution in [0.1, 0.15) is 18.5 Å². The van der Waals surface area contributed by atoms with Crippen molar-refractivity contribution in [1.29, 1.82) is 0 Å². The smallest absolute Gasteiger partial charge is 0.255 e. The summed E-state index contributed by atoms with van der Waals surface area (Å²) in [5.74, 6) is 0.951. The van der Waals surface area contributed by atoms with Gasteiger partial charge in [0.2, 0.25) is 0 Å². The van der Waals surface area contributed by atoms with Gasteiger partial charge in [0.1, 0.15) is 11.5 Å². The van der Waals surface area contributed by atoms with Crippen molar-refractivity contribution in [1.82, 2.24) is 10.6 Å². The first-order chi connectivity index (χ1) is 13.4. The molecule has 0 fully saturated rings. The van der Waals surface area contributed by atoms with Crippen molar-refractivity contribution in [3.63, 3.8) is 0 Å². The molecule has 0 saturated carbocycles. The Bertz CT molecular complexity index is 961. The Morgan fingerprint density at radius 3 is 2.61 bits per heavy atom. The molecule has 1 amide bonds. The van der Waals surface area contributed by atoms with Gasteiger partial charge in [-0.15, -0.1) is 0 Å². The highest BCUT2D eigenvalue weighted by Crippen LogP contribution is 2.36. The molecule has 28 heavy (non-hydrogen) atoms. The number of rotatable bonds is 5. The molecular weight excluding hydrogens is 398 g/mol. The number of nitrogens with one attached hydrogen (secondary N) is 3. The van der Waals surface area contributed by atoms with Gasteiger partial charge in [-0.05, 0) is 49.5 Å². The molecule has 2 aromatic carbocycles. The summed E-state index contributed by atoms with van der Waals surface area (Å²) >= 11 is 11.5. The molecule has 1 aliphatic heterocycles. The first kappa shape index (κ1) is 20.0. The number of para-hydroxylation sites is 1. The second-order valence-corrected chi connectivity index (χ2v) is 6.93. The van der Waals surface area contributed by atoms with Crippen molar-refractivity contribution in [3.8, 4) is 11.5 Å². The van der Waals surface area contributed by atoms with E-state index in [0.717, 1.165) is 5.56 Å². The number of amides is 1. The molecule has 0 spiro atoms. The standard InChI is InChI=1S/C20H20ClN3O3S/c1-11-17(19(25)23-15-7-5-4-6-14(15)21)18(24-20(28)22-11)13-10-12(26-2)8-9-16(13)27-3/h4-10,18H,1-3H3,(H,23,25)(H2,22,24,28)/t18-/m1/s1. The highest BCUT2D eigenvalue weighted by molar-refractivity contribution is 7.80. The van der Waals surface area contributed by atoms with Crippen LogP contribution in [0.25, 0.3) is 0 Å². The summed E-state index contributed by atoms with van der Waals surface area (Å²) < 4.78 is 10.8. The fourth-order valence-corrected chi connectivity index (χ4v) is 3.50. The van der Waals surface area contributed by atoms with Crippen molar-refractivity contribution in [2.75, 3.05) is 19.5 Å². The number of halogens is 1.